The second-order valence-electron chi connectivity index (χ2n) is 7.84. The molecule has 1 aromatic heterocycles. The maximum Gasteiger partial charge on any atom is 0.227 e. The molecule has 1 aliphatic rings. The van der Waals surface area contributed by atoms with Gasteiger partial charge in [0.15, 0.2) is 0 Å². The minimum Gasteiger partial charge on any atom is -0.497 e. The fourth-order valence-corrected chi connectivity index (χ4v) is 4.47. The number of H-pyrrole nitrogens is 1. The molecule has 3 aromatic carbocycles. The average Bonchev–Trinajstić information content (AvgIpc) is 3.20. The summed E-state index contributed by atoms with van der Waals surface area (Å²) in [6.07, 6.45) is 2.31. The third-order valence-electron chi connectivity index (χ3n) is 6.07. The van der Waals surface area contributed by atoms with Crippen LogP contribution in [0.15, 0.2) is 79.0 Å². The van der Waals surface area contributed by atoms with Gasteiger partial charge in [0.25, 0.3) is 0 Å². The van der Waals surface area contributed by atoms with E-state index in [2.05, 4.69) is 53.5 Å². The van der Waals surface area contributed by atoms with Crippen LogP contribution < -0.4 is 4.74 Å². The van der Waals surface area contributed by atoms with E-state index in [1.807, 2.05) is 35.4 Å². The van der Waals surface area contributed by atoms with Crippen LogP contribution in [0.3, 0.4) is 0 Å². The fourth-order valence-electron chi connectivity index (χ4n) is 4.47. The van der Waals surface area contributed by atoms with Crippen molar-refractivity contribution in [3.63, 3.8) is 0 Å². The number of rotatable bonds is 4. The zero-order valence-corrected chi connectivity index (χ0v) is 17.0. The minimum absolute atomic E-state index is 0.147. The SMILES string of the molecule is COc1ccc2[nH]cc(CC(=O)N3Cc4ccccc4C(c4ccccc4)C3)c2c1. The average molecular weight is 396 g/mol. The highest BCUT2D eigenvalue weighted by Crippen LogP contribution is 2.34. The summed E-state index contributed by atoms with van der Waals surface area (Å²) in [5, 5.41) is 1.04. The largest absolute Gasteiger partial charge is 0.497 e. The lowest BCUT2D eigenvalue weighted by molar-refractivity contribution is -0.131. The molecule has 0 bridgehead atoms. The van der Waals surface area contributed by atoms with Crippen molar-refractivity contribution >= 4 is 16.8 Å². The first kappa shape index (κ1) is 18.5. The number of hydrogen-bond acceptors (Lipinski definition) is 2. The van der Waals surface area contributed by atoms with Crippen molar-refractivity contribution in [2.75, 3.05) is 13.7 Å². The van der Waals surface area contributed by atoms with Crippen LogP contribution in [0.4, 0.5) is 0 Å². The molecule has 1 aliphatic heterocycles. The van der Waals surface area contributed by atoms with E-state index >= 15 is 0 Å². The van der Waals surface area contributed by atoms with Crippen molar-refractivity contribution in [3.05, 3.63) is 101 Å². The maximum absolute atomic E-state index is 13.3. The Morgan fingerprint density at radius 3 is 2.70 bits per heavy atom. The van der Waals surface area contributed by atoms with E-state index in [4.69, 9.17) is 4.74 Å². The summed E-state index contributed by atoms with van der Waals surface area (Å²) in [6.45, 7) is 1.36. The minimum atomic E-state index is 0.147. The summed E-state index contributed by atoms with van der Waals surface area (Å²) in [7, 11) is 1.66. The van der Waals surface area contributed by atoms with E-state index in [-0.39, 0.29) is 11.8 Å². The summed E-state index contributed by atoms with van der Waals surface area (Å²) in [6, 6.07) is 24.9. The summed E-state index contributed by atoms with van der Waals surface area (Å²) in [4.78, 5) is 18.6. The molecule has 4 nitrogen and oxygen atoms in total. The van der Waals surface area contributed by atoms with Gasteiger partial charge >= 0.3 is 0 Å². The molecule has 1 unspecified atom stereocenters. The highest BCUT2D eigenvalue weighted by atomic mass is 16.5. The number of carbonyl (C=O) groups is 1. The van der Waals surface area contributed by atoms with Gasteiger partial charge in [-0.1, -0.05) is 54.6 Å². The Labute approximate surface area is 176 Å². The Kier molecular flexibility index (Phi) is 4.75. The number of nitrogens with zero attached hydrogens (tertiary/aromatic N) is 1. The van der Waals surface area contributed by atoms with Gasteiger partial charge in [0.05, 0.1) is 13.5 Å². The molecule has 0 saturated carbocycles. The van der Waals surface area contributed by atoms with E-state index in [0.717, 1.165) is 22.2 Å². The molecule has 4 heteroatoms. The number of amides is 1. The Morgan fingerprint density at radius 1 is 1.07 bits per heavy atom. The molecular formula is C26H24N2O2. The van der Waals surface area contributed by atoms with E-state index in [0.29, 0.717) is 19.5 Å². The molecule has 0 aliphatic carbocycles. The van der Waals surface area contributed by atoms with Gasteiger partial charge in [-0.2, -0.15) is 0 Å². The molecular weight excluding hydrogens is 372 g/mol. The summed E-state index contributed by atoms with van der Waals surface area (Å²) in [5.41, 5.74) is 5.82. The molecule has 5 rings (SSSR count). The second kappa shape index (κ2) is 7.71. The van der Waals surface area contributed by atoms with Gasteiger partial charge in [-0.25, -0.2) is 0 Å². The monoisotopic (exact) mass is 396 g/mol. The highest BCUT2D eigenvalue weighted by molar-refractivity contribution is 5.90. The predicted octanol–water partition coefficient (Wildman–Crippen LogP) is 4.89. The molecule has 1 N–H and O–H groups in total. The van der Waals surface area contributed by atoms with Crippen LogP contribution in [0.1, 0.15) is 28.2 Å². The van der Waals surface area contributed by atoms with Crippen molar-refractivity contribution in [1.29, 1.82) is 0 Å². The lowest BCUT2D eigenvalue weighted by Crippen LogP contribution is -2.39. The molecule has 2 heterocycles. The molecule has 0 saturated heterocycles. The Morgan fingerprint density at radius 2 is 1.87 bits per heavy atom. The quantitative estimate of drug-likeness (QED) is 0.534. The number of ether oxygens (including phenoxy) is 1. The van der Waals surface area contributed by atoms with Gasteiger partial charge in [0.2, 0.25) is 5.91 Å². The number of fused-ring (bicyclic) bond motifs is 2. The van der Waals surface area contributed by atoms with Gasteiger partial charge in [-0.15, -0.1) is 0 Å². The first-order valence-electron chi connectivity index (χ1n) is 10.3. The molecule has 0 spiro atoms. The number of hydrogen-bond donors (Lipinski definition) is 1. The van der Waals surface area contributed by atoms with Crippen molar-refractivity contribution in [3.8, 4) is 5.75 Å². The van der Waals surface area contributed by atoms with Crippen molar-refractivity contribution < 1.29 is 9.53 Å². The third-order valence-corrected chi connectivity index (χ3v) is 6.07. The number of nitrogens with one attached hydrogen (secondary N) is 1. The van der Waals surface area contributed by atoms with Crippen LogP contribution in [0.2, 0.25) is 0 Å². The lowest BCUT2D eigenvalue weighted by atomic mass is 9.84. The van der Waals surface area contributed by atoms with Crippen LogP contribution in [-0.4, -0.2) is 29.4 Å². The highest BCUT2D eigenvalue weighted by Gasteiger charge is 2.29. The van der Waals surface area contributed by atoms with Crippen LogP contribution >= 0.6 is 0 Å². The number of aromatic nitrogens is 1. The Hall–Kier alpha value is -3.53. The fraction of sp³-hybridized carbons (Fsp3) is 0.192. The third kappa shape index (κ3) is 3.35. The zero-order chi connectivity index (χ0) is 20.5. The van der Waals surface area contributed by atoms with Gasteiger partial charge < -0.3 is 14.6 Å². The van der Waals surface area contributed by atoms with E-state index in [9.17, 15) is 4.79 Å². The number of aromatic amines is 1. The number of benzene rings is 3. The smallest absolute Gasteiger partial charge is 0.227 e. The van der Waals surface area contributed by atoms with Gasteiger partial charge in [-0.3, -0.25) is 4.79 Å². The van der Waals surface area contributed by atoms with Crippen molar-refractivity contribution in [2.24, 2.45) is 0 Å². The van der Waals surface area contributed by atoms with E-state index < -0.39 is 0 Å². The van der Waals surface area contributed by atoms with Crippen molar-refractivity contribution in [1.82, 2.24) is 9.88 Å². The standard InChI is InChI=1S/C26H24N2O2/c1-30-21-11-12-25-23(14-21)20(15-27-25)13-26(29)28-16-19-9-5-6-10-22(19)24(17-28)18-7-3-2-4-8-18/h2-12,14-15,24,27H,13,16-17H2,1H3. The molecule has 1 atom stereocenters. The molecule has 0 fully saturated rings. The summed E-state index contributed by atoms with van der Waals surface area (Å²) in [5.74, 6) is 1.14. The second-order valence-corrected chi connectivity index (χ2v) is 7.84. The molecule has 4 aromatic rings. The summed E-state index contributed by atoms with van der Waals surface area (Å²) >= 11 is 0. The van der Waals surface area contributed by atoms with E-state index in [1.54, 1.807) is 7.11 Å². The Bertz CT molecular complexity index is 1200. The number of methoxy groups -OCH3 is 1. The first-order valence-corrected chi connectivity index (χ1v) is 10.3. The van der Waals surface area contributed by atoms with Crippen LogP contribution in [0.5, 0.6) is 5.75 Å². The lowest BCUT2D eigenvalue weighted by Gasteiger charge is -2.35. The van der Waals surface area contributed by atoms with Crippen LogP contribution in [0.25, 0.3) is 10.9 Å². The molecule has 0 radical (unpaired) electrons. The van der Waals surface area contributed by atoms with Crippen molar-refractivity contribution in [2.45, 2.75) is 18.9 Å². The van der Waals surface area contributed by atoms with Gasteiger partial charge in [0.1, 0.15) is 5.75 Å². The predicted molar refractivity (Wildman–Crippen MR) is 119 cm³/mol. The molecule has 1 amide bonds. The van der Waals surface area contributed by atoms with Gasteiger partial charge in [-0.05, 0) is 40.5 Å². The Balaban J connectivity index is 1.44. The zero-order valence-electron chi connectivity index (χ0n) is 17.0. The normalized spacial score (nSPS) is 15.8. The van der Waals surface area contributed by atoms with E-state index in [1.165, 1.54) is 16.7 Å². The molecule has 150 valence electrons. The van der Waals surface area contributed by atoms with Crippen LogP contribution in [-0.2, 0) is 17.8 Å². The van der Waals surface area contributed by atoms with Gasteiger partial charge in [0, 0.05) is 36.1 Å². The topological polar surface area (TPSA) is 45.3 Å². The van der Waals surface area contributed by atoms with Crippen LogP contribution in [0, 0.1) is 0 Å². The number of carbonyl (C=O) groups excluding carboxylic acids is 1. The first-order chi connectivity index (χ1) is 14.7. The molecule has 30 heavy (non-hydrogen) atoms. The maximum atomic E-state index is 13.3. The summed E-state index contributed by atoms with van der Waals surface area (Å²) < 4.78 is 5.36.